The fourth-order valence-corrected chi connectivity index (χ4v) is 1.70. The van der Waals surface area contributed by atoms with E-state index < -0.39 is 0 Å². The molecule has 1 aromatic heterocycles. The molecule has 0 amide bonds. The Labute approximate surface area is 67.5 Å². The van der Waals surface area contributed by atoms with Gasteiger partial charge in [-0.05, 0) is 29.9 Å². The van der Waals surface area contributed by atoms with Gasteiger partial charge in [0.15, 0.2) is 0 Å². The standard InChI is InChI=1S/C10H13N/c1-2-8-6-10(8)9-4-3-5-11-7-9/h3-5,7-8,10H,2,6H2,1H3/t8-,10-/m1/s1. The summed E-state index contributed by atoms with van der Waals surface area (Å²) in [5.74, 6) is 1.77. The second-order valence-corrected chi connectivity index (χ2v) is 3.30. The molecule has 0 saturated heterocycles. The Morgan fingerprint density at radius 3 is 3.09 bits per heavy atom. The van der Waals surface area contributed by atoms with Gasteiger partial charge in [0.1, 0.15) is 0 Å². The maximum atomic E-state index is 4.11. The predicted octanol–water partition coefficient (Wildman–Crippen LogP) is 2.60. The fourth-order valence-electron chi connectivity index (χ4n) is 1.70. The van der Waals surface area contributed by atoms with Crippen molar-refractivity contribution in [3.05, 3.63) is 30.1 Å². The number of aromatic nitrogens is 1. The Balaban J connectivity index is 2.09. The lowest BCUT2D eigenvalue weighted by Gasteiger charge is -1.95. The highest BCUT2D eigenvalue weighted by molar-refractivity contribution is 5.21. The van der Waals surface area contributed by atoms with Gasteiger partial charge in [0.2, 0.25) is 0 Å². The second kappa shape index (κ2) is 2.65. The molecule has 1 nitrogen and oxygen atoms in total. The Kier molecular flexibility index (Phi) is 1.65. The van der Waals surface area contributed by atoms with E-state index in [2.05, 4.69) is 18.0 Å². The van der Waals surface area contributed by atoms with E-state index in [1.807, 2.05) is 18.5 Å². The van der Waals surface area contributed by atoms with Crippen LogP contribution in [0.3, 0.4) is 0 Å². The van der Waals surface area contributed by atoms with Crippen molar-refractivity contribution in [1.29, 1.82) is 0 Å². The Morgan fingerprint density at radius 2 is 2.55 bits per heavy atom. The van der Waals surface area contributed by atoms with E-state index in [0.717, 1.165) is 11.8 Å². The monoisotopic (exact) mass is 147 g/mol. The van der Waals surface area contributed by atoms with Crippen molar-refractivity contribution in [2.45, 2.75) is 25.7 Å². The quantitative estimate of drug-likeness (QED) is 0.626. The van der Waals surface area contributed by atoms with Gasteiger partial charge in [0.05, 0.1) is 0 Å². The molecule has 2 rings (SSSR count). The molecule has 0 unspecified atom stereocenters. The average molecular weight is 147 g/mol. The fraction of sp³-hybridized carbons (Fsp3) is 0.500. The predicted molar refractivity (Wildman–Crippen MR) is 45.4 cm³/mol. The summed E-state index contributed by atoms with van der Waals surface area (Å²) in [4.78, 5) is 4.11. The number of nitrogens with zero attached hydrogens (tertiary/aromatic N) is 1. The van der Waals surface area contributed by atoms with Gasteiger partial charge in [0, 0.05) is 12.4 Å². The number of rotatable bonds is 2. The highest BCUT2D eigenvalue weighted by Gasteiger charge is 2.36. The minimum absolute atomic E-state index is 0.827. The molecule has 1 fully saturated rings. The summed E-state index contributed by atoms with van der Waals surface area (Å²) in [6.45, 7) is 2.26. The van der Waals surface area contributed by atoms with Crippen LogP contribution in [0.5, 0.6) is 0 Å². The van der Waals surface area contributed by atoms with E-state index in [1.54, 1.807) is 0 Å². The lowest BCUT2D eigenvalue weighted by Crippen LogP contribution is -1.82. The molecule has 1 aliphatic carbocycles. The highest BCUT2D eigenvalue weighted by Crippen LogP contribution is 2.48. The molecule has 1 saturated carbocycles. The Morgan fingerprint density at radius 1 is 1.64 bits per heavy atom. The molecule has 1 aliphatic rings. The molecule has 1 heterocycles. The number of pyridine rings is 1. The summed E-state index contributed by atoms with van der Waals surface area (Å²) >= 11 is 0. The molecule has 0 radical (unpaired) electrons. The van der Waals surface area contributed by atoms with Crippen molar-refractivity contribution in [3.63, 3.8) is 0 Å². The zero-order valence-corrected chi connectivity index (χ0v) is 6.83. The Bertz CT molecular complexity index is 230. The van der Waals surface area contributed by atoms with E-state index in [4.69, 9.17) is 0 Å². The summed E-state index contributed by atoms with van der Waals surface area (Å²) in [5.41, 5.74) is 1.43. The minimum Gasteiger partial charge on any atom is -0.264 e. The molecular weight excluding hydrogens is 134 g/mol. The van der Waals surface area contributed by atoms with Crippen LogP contribution in [-0.2, 0) is 0 Å². The lowest BCUT2D eigenvalue weighted by atomic mass is 10.1. The summed E-state index contributed by atoms with van der Waals surface area (Å²) in [7, 11) is 0. The first-order valence-corrected chi connectivity index (χ1v) is 4.31. The van der Waals surface area contributed by atoms with Crippen molar-refractivity contribution >= 4 is 0 Å². The summed E-state index contributed by atoms with van der Waals surface area (Å²) in [5, 5.41) is 0. The van der Waals surface area contributed by atoms with Crippen molar-refractivity contribution in [2.75, 3.05) is 0 Å². The van der Waals surface area contributed by atoms with Crippen molar-refractivity contribution < 1.29 is 0 Å². The van der Waals surface area contributed by atoms with E-state index in [1.165, 1.54) is 18.4 Å². The van der Waals surface area contributed by atoms with Crippen LogP contribution in [0, 0.1) is 5.92 Å². The molecule has 0 aliphatic heterocycles. The molecule has 0 aromatic carbocycles. The van der Waals surface area contributed by atoms with Crippen molar-refractivity contribution in [2.24, 2.45) is 5.92 Å². The molecule has 1 aromatic rings. The average Bonchev–Trinajstić information content (AvgIpc) is 2.85. The van der Waals surface area contributed by atoms with Crippen molar-refractivity contribution in [3.8, 4) is 0 Å². The van der Waals surface area contributed by atoms with Crippen LogP contribution in [0.4, 0.5) is 0 Å². The second-order valence-electron chi connectivity index (χ2n) is 3.30. The zero-order valence-electron chi connectivity index (χ0n) is 6.83. The normalized spacial score (nSPS) is 28.5. The molecule has 0 spiro atoms. The van der Waals surface area contributed by atoms with Gasteiger partial charge in [-0.1, -0.05) is 19.4 Å². The van der Waals surface area contributed by atoms with Crippen LogP contribution in [0.2, 0.25) is 0 Å². The van der Waals surface area contributed by atoms with Crippen LogP contribution in [-0.4, -0.2) is 4.98 Å². The van der Waals surface area contributed by atoms with Crippen LogP contribution in [0.15, 0.2) is 24.5 Å². The van der Waals surface area contributed by atoms with E-state index in [0.29, 0.717) is 0 Å². The summed E-state index contributed by atoms with van der Waals surface area (Å²) in [6, 6.07) is 4.22. The minimum atomic E-state index is 0.827. The highest BCUT2D eigenvalue weighted by atomic mass is 14.6. The SMILES string of the molecule is CC[C@@H]1C[C@H]1c1cccnc1. The molecule has 0 bridgehead atoms. The molecule has 0 N–H and O–H groups in total. The van der Waals surface area contributed by atoms with E-state index in [9.17, 15) is 0 Å². The van der Waals surface area contributed by atoms with Crippen molar-refractivity contribution in [1.82, 2.24) is 4.98 Å². The zero-order chi connectivity index (χ0) is 7.68. The van der Waals surface area contributed by atoms with Gasteiger partial charge < -0.3 is 0 Å². The van der Waals surface area contributed by atoms with Gasteiger partial charge in [-0.25, -0.2) is 0 Å². The van der Waals surface area contributed by atoms with Gasteiger partial charge in [-0.3, -0.25) is 4.98 Å². The maximum absolute atomic E-state index is 4.11. The van der Waals surface area contributed by atoms with Crippen LogP contribution >= 0.6 is 0 Å². The smallest absolute Gasteiger partial charge is 0.0302 e. The third-order valence-electron chi connectivity index (χ3n) is 2.56. The maximum Gasteiger partial charge on any atom is 0.0302 e. The van der Waals surface area contributed by atoms with Gasteiger partial charge >= 0.3 is 0 Å². The first-order valence-electron chi connectivity index (χ1n) is 4.31. The molecule has 58 valence electrons. The largest absolute Gasteiger partial charge is 0.264 e. The van der Waals surface area contributed by atoms with Crippen LogP contribution < -0.4 is 0 Å². The van der Waals surface area contributed by atoms with Gasteiger partial charge in [-0.2, -0.15) is 0 Å². The molecular formula is C10H13N. The molecule has 1 heteroatoms. The van der Waals surface area contributed by atoms with Gasteiger partial charge in [0.25, 0.3) is 0 Å². The van der Waals surface area contributed by atoms with E-state index >= 15 is 0 Å². The lowest BCUT2D eigenvalue weighted by molar-refractivity contribution is 0.765. The number of hydrogen-bond acceptors (Lipinski definition) is 1. The third-order valence-corrected chi connectivity index (χ3v) is 2.56. The first-order chi connectivity index (χ1) is 5.42. The van der Waals surface area contributed by atoms with Crippen LogP contribution in [0.25, 0.3) is 0 Å². The van der Waals surface area contributed by atoms with Gasteiger partial charge in [-0.15, -0.1) is 0 Å². The Hall–Kier alpha value is -0.850. The first kappa shape index (κ1) is 6.84. The van der Waals surface area contributed by atoms with E-state index in [-0.39, 0.29) is 0 Å². The molecule has 11 heavy (non-hydrogen) atoms. The third kappa shape index (κ3) is 1.28. The summed E-state index contributed by atoms with van der Waals surface area (Å²) < 4.78 is 0. The number of hydrogen-bond donors (Lipinski definition) is 0. The topological polar surface area (TPSA) is 12.9 Å². The summed E-state index contributed by atoms with van der Waals surface area (Å²) in [6.07, 6.45) is 6.54. The van der Waals surface area contributed by atoms with Crippen LogP contribution in [0.1, 0.15) is 31.2 Å². The molecule has 2 atom stereocenters.